The lowest BCUT2D eigenvalue weighted by atomic mass is 9.59. The van der Waals surface area contributed by atoms with Gasteiger partial charge in [-0.15, -0.1) is 0 Å². The number of nitrogens with two attached hydrogens (primary N) is 1. The van der Waals surface area contributed by atoms with E-state index in [0.717, 1.165) is 36.1 Å². The summed E-state index contributed by atoms with van der Waals surface area (Å²) in [5.74, 6) is 7.93. The SMILES string of the molecule is NCC12C3CCC4C3C3C(CCC31)C42. The summed E-state index contributed by atoms with van der Waals surface area (Å²) in [6.45, 7) is 1.03. The molecule has 6 fully saturated rings. The molecule has 6 unspecified atom stereocenters. The van der Waals surface area contributed by atoms with Crippen LogP contribution in [0.25, 0.3) is 0 Å². The van der Waals surface area contributed by atoms with Crippen LogP contribution in [-0.2, 0) is 0 Å². The van der Waals surface area contributed by atoms with Gasteiger partial charge in [-0.2, -0.15) is 0 Å². The molecule has 6 aliphatic carbocycles. The maximum atomic E-state index is 6.20. The first kappa shape index (κ1) is 7.27. The van der Waals surface area contributed by atoms with Gasteiger partial charge in [-0.25, -0.2) is 0 Å². The Balaban J connectivity index is 1.80. The lowest BCUT2D eigenvalue weighted by molar-refractivity contribution is 0.0302. The zero-order valence-corrected chi connectivity index (χ0v) is 8.65. The second-order valence-electron chi connectivity index (χ2n) is 6.69. The largest absolute Gasteiger partial charge is 0.330 e. The zero-order chi connectivity index (χ0) is 9.08. The molecular formula is C13H19N. The summed E-state index contributed by atoms with van der Waals surface area (Å²) in [7, 11) is 0. The fraction of sp³-hybridized carbons (Fsp3) is 1.00. The van der Waals surface area contributed by atoms with E-state index in [1.54, 1.807) is 25.7 Å². The quantitative estimate of drug-likeness (QED) is 0.669. The lowest BCUT2D eigenvalue weighted by Crippen LogP contribution is -2.46. The van der Waals surface area contributed by atoms with Gasteiger partial charge >= 0.3 is 0 Å². The van der Waals surface area contributed by atoms with E-state index in [9.17, 15) is 0 Å². The molecule has 1 heteroatoms. The van der Waals surface area contributed by atoms with Crippen molar-refractivity contribution in [3.63, 3.8) is 0 Å². The molecular weight excluding hydrogens is 170 g/mol. The van der Waals surface area contributed by atoms with Crippen molar-refractivity contribution in [2.45, 2.75) is 25.7 Å². The summed E-state index contributed by atoms with van der Waals surface area (Å²) in [5.41, 5.74) is 6.89. The number of rotatable bonds is 1. The highest BCUT2D eigenvalue weighted by atomic mass is 14.9. The predicted molar refractivity (Wildman–Crippen MR) is 54.4 cm³/mol. The molecule has 0 aromatic heterocycles. The monoisotopic (exact) mass is 189 g/mol. The predicted octanol–water partition coefficient (Wildman–Crippen LogP) is 1.87. The maximum absolute atomic E-state index is 6.20. The minimum absolute atomic E-state index is 0.696. The highest BCUT2D eigenvalue weighted by Crippen LogP contribution is 2.87. The molecule has 0 aromatic carbocycles. The Morgan fingerprint density at radius 3 is 1.93 bits per heavy atom. The van der Waals surface area contributed by atoms with Crippen molar-refractivity contribution < 1.29 is 0 Å². The van der Waals surface area contributed by atoms with Crippen molar-refractivity contribution >= 4 is 0 Å². The van der Waals surface area contributed by atoms with Gasteiger partial charge < -0.3 is 5.73 Å². The first-order valence-electron chi connectivity index (χ1n) is 6.59. The van der Waals surface area contributed by atoms with Gasteiger partial charge in [0.2, 0.25) is 0 Å². The van der Waals surface area contributed by atoms with E-state index < -0.39 is 0 Å². The molecule has 0 amide bonds. The maximum Gasteiger partial charge on any atom is -0.00121 e. The van der Waals surface area contributed by atoms with Crippen LogP contribution in [0.15, 0.2) is 0 Å². The summed E-state index contributed by atoms with van der Waals surface area (Å²) in [5, 5.41) is 0. The van der Waals surface area contributed by atoms with Crippen molar-refractivity contribution in [3.8, 4) is 0 Å². The van der Waals surface area contributed by atoms with Gasteiger partial charge in [0.15, 0.2) is 0 Å². The summed E-state index contributed by atoms with van der Waals surface area (Å²) in [6.07, 6.45) is 6.23. The van der Waals surface area contributed by atoms with E-state index in [1.165, 1.54) is 11.8 Å². The van der Waals surface area contributed by atoms with Crippen LogP contribution in [0.4, 0.5) is 0 Å². The fourth-order valence-corrected chi connectivity index (χ4v) is 7.63. The molecule has 0 spiro atoms. The van der Waals surface area contributed by atoms with E-state index in [1.807, 2.05) is 0 Å². The van der Waals surface area contributed by atoms with Crippen molar-refractivity contribution in [2.75, 3.05) is 6.54 Å². The van der Waals surface area contributed by atoms with E-state index in [2.05, 4.69) is 0 Å². The Kier molecular flexibility index (Phi) is 0.942. The van der Waals surface area contributed by atoms with Crippen molar-refractivity contribution in [2.24, 2.45) is 52.6 Å². The second kappa shape index (κ2) is 1.81. The summed E-state index contributed by atoms with van der Waals surface area (Å²) >= 11 is 0. The summed E-state index contributed by atoms with van der Waals surface area (Å²) in [4.78, 5) is 0. The molecule has 6 saturated carbocycles. The molecule has 6 rings (SSSR count). The van der Waals surface area contributed by atoms with Crippen LogP contribution < -0.4 is 5.73 Å². The second-order valence-corrected chi connectivity index (χ2v) is 6.69. The third-order valence-electron chi connectivity index (χ3n) is 7.26. The first-order chi connectivity index (χ1) is 6.89. The van der Waals surface area contributed by atoms with Gasteiger partial charge in [0.1, 0.15) is 0 Å². The van der Waals surface area contributed by atoms with Gasteiger partial charge in [0.25, 0.3) is 0 Å². The molecule has 1 nitrogen and oxygen atoms in total. The Morgan fingerprint density at radius 2 is 1.50 bits per heavy atom. The van der Waals surface area contributed by atoms with Gasteiger partial charge in [-0.1, -0.05) is 0 Å². The van der Waals surface area contributed by atoms with Crippen LogP contribution in [0.1, 0.15) is 25.7 Å². The normalized spacial score (nSPS) is 75.6. The van der Waals surface area contributed by atoms with Crippen molar-refractivity contribution in [1.82, 2.24) is 0 Å². The number of hydrogen-bond acceptors (Lipinski definition) is 1. The summed E-state index contributed by atoms with van der Waals surface area (Å²) in [6, 6.07) is 0. The molecule has 0 radical (unpaired) electrons. The first-order valence-corrected chi connectivity index (χ1v) is 6.59. The Labute approximate surface area is 85.4 Å². The average molecular weight is 189 g/mol. The topological polar surface area (TPSA) is 26.0 Å². The molecule has 76 valence electrons. The molecule has 6 aliphatic rings. The Bertz CT molecular complexity index is 293. The molecule has 14 heavy (non-hydrogen) atoms. The number of hydrogen-bond donors (Lipinski definition) is 1. The van der Waals surface area contributed by atoms with Crippen LogP contribution in [0.2, 0.25) is 0 Å². The van der Waals surface area contributed by atoms with Gasteiger partial charge in [-0.3, -0.25) is 0 Å². The van der Waals surface area contributed by atoms with Crippen molar-refractivity contribution in [1.29, 1.82) is 0 Å². The third-order valence-corrected chi connectivity index (χ3v) is 7.26. The van der Waals surface area contributed by atoms with Crippen LogP contribution >= 0.6 is 0 Å². The minimum atomic E-state index is 0.696. The van der Waals surface area contributed by atoms with E-state index in [4.69, 9.17) is 5.73 Å². The van der Waals surface area contributed by atoms with E-state index >= 15 is 0 Å². The standard InChI is InChI=1S/C13H19N/c14-5-13-8-3-1-6-10(8)11-7(12(6)13)2-4-9(11)13/h6-12H,1-5,14H2. The van der Waals surface area contributed by atoms with E-state index in [-0.39, 0.29) is 0 Å². The summed E-state index contributed by atoms with van der Waals surface area (Å²) < 4.78 is 0. The van der Waals surface area contributed by atoms with Crippen LogP contribution in [0, 0.1) is 46.8 Å². The van der Waals surface area contributed by atoms with Gasteiger partial charge in [0.05, 0.1) is 0 Å². The Hall–Kier alpha value is -0.0400. The highest BCUT2D eigenvalue weighted by Gasteiger charge is 2.83. The Morgan fingerprint density at radius 1 is 0.929 bits per heavy atom. The molecule has 6 atom stereocenters. The smallest absolute Gasteiger partial charge is 0.00121 e. The molecule has 8 bridgehead atoms. The minimum Gasteiger partial charge on any atom is -0.330 e. The third kappa shape index (κ3) is 0.413. The highest BCUT2D eigenvalue weighted by molar-refractivity contribution is 5.31. The van der Waals surface area contributed by atoms with E-state index in [0.29, 0.717) is 5.41 Å². The van der Waals surface area contributed by atoms with Gasteiger partial charge in [0, 0.05) is 0 Å². The van der Waals surface area contributed by atoms with Crippen molar-refractivity contribution in [3.05, 3.63) is 0 Å². The van der Waals surface area contributed by atoms with Crippen LogP contribution in [0.3, 0.4) is 0 Å². The molecule has 0 heterocycles. The molecule has 0 aliphatic heterocycles. The van der Waals surface area contributed by atoms with Gasteiger partial charge in [-0.05, 0) is 79.1 Å². The molecule has 2 N–H and O–H groups in total. The van der Waals surface area contributed by atoms with Crippen LogP contribution in [-0.4, -0.2) is 6.54 Å². The lowest BCUT2D eigenvalue weighted by Gasteiger charge is -2.46. The fourth-order valence-electron chi connectivity index (χ4n) is 7.63. The zero-order valence-electron chi connectivity index (χ0n) is 8.65. The molecule has 0 saturated heterocycles. The average Bonchev–Trinajstić information content (AvgIpc) is 2.96. The van der Waals surface area contributed by atoms with Crippen LogP contribution in [0.5, 0.6) is 0 Å². The molecule has 0 aromatic rings.